The van der Waals surface area contributed by atoms with E-state index < -0.39 is 0 Å². The molecule has 0 bridgehead atoms. The quantitative estimate of drug-likeness (QED) is 0.468. The number of carbonyl (C=O) groups excluding carboxylic acids is 2. The molecule has 2 aromatic rings. The monoisotopic (exact) mass is 424 g/mol. The molecule has 1 unspecified atom stereocenters. The molecular weight excluding hydrogens is 392 g/mol. The maximum atomic E-state index is 12.6. The molecule has 0 saturated carbocycles. The van der Waals surface area contributed by atoms with E-state index in [-0.39, 0.29) is 17.2 Å². The number of anilines is 2. The van der Waals surface area contributed by atoms with Crippen molar-refractivity contribution in [2.75, 3.05) is 16.0 Å². The molecule has 3 rings (SSSR count). The average molecular weight is 425 g/mol. The van der Waals surface area contributed by atoms with Crippen LogP contribution in [-0.2, 0) is 9.59 Å². The number of unbranched alkanes of at least 4 members (excludes halogenated alkanes) is 3. The number of benzene rings is 2. The topological polar surface area (TPSA) is 49.4 Å². The third-order valence-corrected chi connectivity index (χ3v) is 6.63. The highest BCUT2D eigenvalue weighted by atomic mass is 32.2. The van der Waals surface area contributed by atoms with Gasteiger partial charge in [-0.2, -0.15) is 0 Å². The first-order chi connectivity index (χ1) is 14.5. The van der Waals surface area contributed by atoms with Gasteiger partial charge in [0.1, 0.15) is 5.37 Å². The Kier molecular flexibility index (Phi) is 7.97. The first kappa shape index (κ1) is 22.4. The molecule has 0 spiro atoms. The van der Waals surface area contributed by atoms with Crippen molar-refractivity contribution in [2.24, 2.45) is 0 Å². The van der Waals surface area contributed by atoms with E-state index in [9.17, 15) is 9.59 Å². The summed E-state index contributed by atoms with van der Waals surface area (Å²) in [6, 6.07) is 16.2. The van der Waals surface area contributed by atoms with Gasteiger partial charge in [-0.15, -0.1) is 11.8 Å². The fourth-order valence-electron chi connectivity index (χ4n) is 3.68. The third kappa shape index (κ3) is 5.66. The molecule has 0 aromatic heterocycles. The molecule has 1 N–H and O–H groups in total. The van der Waals surface area contributed by atoms with E-state index in [1.807, 2.05) is 41.3 Å². The second-order valence-corrected chi connectivity index (χ2v) is 9.23. The molecule has 1 aliphatic rings. The Hall–Kier alpha value is -2.27. The third-order valence-electron chi connectivity index (χ3n) is 5.42. The summed E-state index contributed by atoms with van der Waals surface area (Å²) in [5, 5.41) is 2.94. The van der Waals surface area contributed by atoms with Crippen molar-refractivity contribution in [1.29, 1.82) is 0 Å². The summed E-state index contributed by atoms with van der Waals surface area (Å²) in [6.45, 7) is 6.50. The van der Waals surface area contributed by atoms with E-state index in [0.29, 0.717) is 18.1 Å². The number of amides is 2. The summed E-state index contributed by atoms with van der Waals surface area (Å²) < 4.78 is 0. The Morgan fingerprint density at radius 3 is 2.60 bits per heavy atom. The zero-order valence-corrected chi connectivity index (χ0v) is 19.0. The second-order valence-electron chi connectivity index (χ2n) is 8.16. The number of carbonyl (C=O) groups is 2. The molecule has 30 heavy (non-hydrogen) atoms. The summed E-state index contributed by atoms with van der Waals surface area (Å²) in [6.07, 6.45) is 4.90. The van der Waals surface area contributed by atoms with Crippen LogP contribution in [0.2, 0.25) is 0 Å². The molecular formula is C25H32N2O2S. The lowest BCUT2D eigenvalue weighted by molar-refractivity contribution is -0.117. The highest BCUT2D eigenvalue weighted by molar-refractivity contribution is 8.00. The van der Waals surface area contributed by atoms with Crippen molar-refractivity contribution >= 4 is 35.0 Å². The van der Waals surface area contributed by atoms with Crippen LogP contribution in [0.1, 0.15) is 75.3 Å². The Bertz CT molecular complexity index is 864. The maximum absolute atomic E-state index is 12.6. The Morgan fingerprint density at radius 2 is 1.90 bits per heavy atom. The lowest BCUT2D eigenvalue weighted by atomic mass is 10.0. The second kappa shape index (κ2) is 10.7. The van der Waals surface area contributed by atoms with Gasteiger partial charge in [0.25, 0.3) is 0 Å². The standard InChI is InChI=1S/C25H32N2O2S/c1-4-5-6-7-11-23(28)26-21-10-8-9-20(16-21)25-27(24(29)17-30-25)22-14-12-19(13-15-22)18(2)3/h8-10,12-16,18,25H,4-7,11,17H2,1-3H3,(H,26,28). The predicted molar refractivity (Wildman–Crippen MR) is 127 cm³/mol. The first-order valence-corrected chi connectivity index (χ1v) is 12.0. The molecule has 1 saturated heterocycles. The summed E-state index contributed by atoms with van der Waals surface area (Å²) in [7, 11) is 0. The van der Waals surface area contributed by atoms with Crippen molar-refractivity contribution in [2.45, 2.75) is 64.2 Å². The summed E-state index contributed by atoms with van der Waals surface area (Å²) >= 11 is 1.63. The number of nitrogens with one attached hydrogen (secondary N) is 1. The van der Waals surface area contributed by atoms with E-state index in [1.54, 1.807) is 11.8 Å². The van der Waals surface area contributed by atoms with E-state index in [2.05, 4.69) is 38.2 Å². The minimum absolute atomic E-state index is 0.0551. The van der Waals surface area contributed by atoms with Gasteiger partial charge >= 0.3 is 0 Å². The molecule has 2 amide bonds. The van der Waals surface area contributed by atoms with Crippen LogP contribution in [0, 0.1) is 0 Å². The van der Waals surface area contributed by atoms with Crippen LogP contribution in [0.3, 0.4) is 0 Å². The van der Waals surface area contributed by atoms with E-state index >= 15 is 0 Å². The van der Waals surface area contributed by atoms with Gasteiger partial charge in [-0.05, 0) is 47.7 Å². The lowest BCUT2D eigenvalue weighted by Gasteiger charge is -2.25. The summed E-state index contributed by atoms with van der Waals surface area (Å²) in [5.41, 5.74) is 4.01. The SMILES string of the molecule is CCCCCCC(=O)Nc1cccc(C2SCC(=O)N2c2ccc(C(C)C)cc2)c1. The zero-order chi connectivity index (χ0) is 21.5. The van der Waals surface area contributed by atoms with Crippen LogP contribution < -0.4 is 10.2 Å². The fraction of sp³-hybridized carbons (Fsp3) is 0.440. The van der Waals surface area contributed by atoms with Gasteiger partial charge < -0.3 is 5.32 Å². The van der Waals surface area contributed by atoms with Crippen LogP contribution in [0.4, 0.5) is 11.4 Å². The van der Waals surface area contributed by atoms with Gasteiger partial charge in [0, 0.05) is 17.8 Å². The predicted octanol–water partition coefficient (Wildman–Crippen LogP) is 6.50. The highest BCUT2D eigenvalue weighted by Crippen LogP contribution is 2.42. The van der Waals surface area contributed by atoms with E-state index in [4.69, 9.17) is 0 Å². The lowest BCUT2D eigenvalue weighted by Crippen LogP contribution is -2.27. The number of hydrogen-bond donors (Lipinski definition) is 1. The molecule has 0 aliphatic carbocycles. The minimum atomic E-state index is -0.0798. The maximum Gasteiger partial charge on any atom is 0.238 e. The Morgan fingerprint density at radius 1 is 1.13 bits per heavy atom. The molecule has 5 heteroatoms. The average Bonchev–Trinajstić information content (AvgIpc) is 3.13. The Balaban J connectivity index is 1.72. The highest BCUT2D eigenvalue weighted by Gasteiger charge is 2.34. The van der Waals surface area contributed by atoms with Crippen molar-refractivity contribution in [3.05, 3.63) is 59.7 Å². The number of thioether (sulfide) groups is 1. The Labute approximate surface area is 184 Å². The van der Waals surface area contributed by atoms with Crippen LogP contribution in [-0.4, -0.2) is 17.6 Å². The van der Waals surface area contributed by atoms with Crippen LogP contribution >= 0.6 is 11.8 Å². The van der Waals surface area contributed by atoms with Gasteiger partial charge in [0.15, 0.2) is 0 Å². The zero-order valence-electron chi connectivity index (χ0n) is 18.2. The molecule has 1 atom stereocenters. The van der Waals surface area contributed by atoms with Crippen molar-refractivity contribution in [3.8, 4) is 0 Å². The number of rotatable bonds is 9. The molecule has 1 aliphatic heterocycles. The molecule has 4 nitrogen and oxygen atoms in total. The fourth-order valence-corrected chi connectivity index (χ4v) is 4.84. The van der Waals surface area contributed by atoms with E-state index in [1.165, 1.54) is 12.0 Å². The van der Waals surface area contributed by atoms with Crippen LogP contribution in [0.15, 0.2) is 48.5 Å². The van der Waals surface area contributed by atoms with Gasteiger partial charge in [-0.25, -0.2) is 0 Å². The van der Waals surface area contributed by atoms with Crippen molar-refractivity contribution < 1.29 is 9.59 Å². The summed E-state index contributed by atoms with van der Waals surface area (Å²) in [5.74, 6) is 1.10. The van der Waals surface area contributed by atoms with Crippen molar-refractivity contribution in [1.82, 2.24) is 0 Å². The smallest absolute Gasteiger partial charge is 0.238 e. The molecule has 1 fully saturated rings. The van der Waals surface area contributed by atoms with Crippen molar-refractivity contribution in [3.63, 3.8) is 0 Å². The van der Waals surface area contributed by atoms with Gasteiger partial charge in [0.2, 0.25) is 11.8 Å². The first-order valence-electron chi connectivity index (χ1n) is 10.9. The normalized spacial score (nSPS) is 16.3. The van der Waals surface area contributed by atoms with Gasteiger partial charge in [-0.1, -0.05) is 64.3 Å². The number of hydrogen-bond acceptors (Lipinski definition) is 3. The van der Waals surface area contributed by atoms with Gasteiger partial charge in [0.05, 0.1) is 5.75 Å². The van der Waals surface area contributed by atoms with Crippen LogP contribution in [0.5, 0.6) is 0 Å². The van der Waals surface area contributed by atoms with Gasteiger partial charge in [-0.3, -0.25) is 14.5 Å². The molecule has 2 aromatic carbocycles. The molecule has 1 heterocycles. The molecule has 160 valence electrons. The largest absolute Gasteiger partial charge is 0.326 e. The van der Waals surface area contributed by atoms with E-state index in [0.717, 1.165) is 36.2 Å². The van der Waals surface area contributed by atoms with Crippen LogP contribution in [0.25, 0.3) is 0 Å². The summed E-state index contributed by atoms with van der Waals surface area (Å²) in [4.78, 5) is 26.8. The molecule has 0 radical (unpaired) electrons. The minimum Gasteiger partial charge on any atom is -0.326 e. The number of nitrogens with zero attached hydrogens (tertiary/aromatic N) is 1.